The van der Waals surface area contributed by atoms with Crippen molar-refractivity contribution in [2.75, 3.05) is 5.73 Å². The maximum Gasteiger partial charge on any atom is 0.0589 e. The molecule has 18 heavy (non-hydrogen) atoms. The average Bonchev–Trinajstić information content (AvgIpc) is 2.28. The summed E-state index contributed by atoms with van der Waals surface area (Å²) in [4.78, 5) is 4.68. The maximum absolute atomic E-state index is 12.2. The molecule has 0 aliphatic rings. The van der Waals surface area contributed by atoms with E-state index in [9.17, 15) is 4.21 Å². The number of aryl methyl sites for hydroxylation is 1. The van der Waals surface area contributed by atoms with E-state index in [4.69, 9.17) is 17.3 Å². The number of nitrogen functional groups attached to an aromatic ring is 1. The van der Waals surface area contributed by atoms with Crippen molar-refractivity contribution in [3.8, 4) is 0 Å². The van der Waals surface area contributed by atoms with Gasteiger partial charge in [-0.15, -0.1) is 0 Å². The highest BCUT2D eigenvalue weighted by Crippen LogP contribution is 2.24. The van der Waals surface area contributed by atoms with E-state index in [-0.39, 0.29) is 0 Å². The van der Waals surface area contributed by atoms with Crippen molar-refractivity contribution in [2.24, 2.45) is 0 Å². The molecule has 0 saturated heterocycles. The number of hydrogen-bond acceptors (Lipinski definition) is 3. The second-order valence-electron chi connectivity index (χ2n) is 4.05. The molecule has 1 heterocycles. The molecule has 1 aromatic heterocycles. The first-order chi connectivity index (χ1) is 8.56. The van der Waals surface area contributed by atoms with Gasteiger partial charge in [-0.1, -0.05) is 17.7 Å². The third-order valence-corrected chi connectivity index (χ3v) is 4.30. The van der Waals surface area contributed by atoms with Gasteiger partial charge in [0.25, 0.3) is 0 Å². The van der Waals surface area contributed by atoms with Gasteiger partial charge in [0.2, 0.25) is 0 Å². The lowest BCUT2D eigenvalue weighted by Gasteiger charge is -2.06. The topological polar surface area (TPSA) is 56.0 Å². The number of nitrogens with two attached hydrogens (primary N) is 1. The third-order valence-electron chi connectivity index (χ3n) is 2.43. The van der Waals surface area contributed by atoms with Gasteiger partial charge in [0.15, 0.2) is 0 Å². The Morgan fingerprint density at radius 2 is 2.11 bits per heavy atom. The molecule has 5 heteroatoms. The van der Waals surface area contributed by atoms with E-state index >= 15 is 0 Å². The number of aromatic nitrogens is 1. The predicted molar refractivity (Wildman–Crippen MR) is 75.0 cm³/mol. The fraction of sp³-hybridized carbons (Fsp3) is 0.154. The van der Waals surface area contributed by atoms with Gasteiger partial charge in [-0.3, -0.25) is 9.19 Å². The molecular formula is C13H13ClN2OS. The molecule has 0 radical (unpaired) electrons. The molecule has 2 N–H and O–H groups in total. The number of benzene rings is 1. The molecule has 1 aromatic carbocycles. The normalized spacial score (nSPS) is 12.3. The van der Waals surface area contributed by atoms with Crippen LogP contribution in [0.2, 0.25) is 5.02 Å². The number of nitrogens with zero attached hydrogens (tertiary/aromatic N) is 1. The lowest BCUT2D eigenvalue weighted by atomic mass is 10.2. The Morgan fingerprint density at radius 3 is 2.78 bits per heavy atom. The van der Waals surface area contributed by atoms with Crippen LogP contribution in [-0.4, -0.2) is 9.19 Å². The largest absolute Gasteiger partial charge is 0.399 e. The van der Waals surface area contributed by atoms with Crippen LogP contribution in [0.5, 0.6) is 0 Å². The first kappa shape index (κ1) is 13.1. The Balaban J connectivity index is 2.22. The highest BCUT2D eigenvalue weighted by Gasteiger charge is 2.10. The van der Waals surface area contributed by atoms with Crippen LogP contribution in [0.3, 0.4) is 0 Å². The van der Waals surface area contributed by atoms with Crippen LogP contribution in [0.15, 0.2) is 41.6 Å². The minimum atomic E-state index is -1.19. The van der Waals surface area contributed by atoms with Crippen molar-refractivity contribution >= 4 is 28.1 Å². The molecule has 1 unspecified atom stereocenters. The van der Waals surface area contributed by atoms with Crippen LogP contribution < -0.4 is 5.73 Å². The maximum atomic E-state index is 12.2. The highest BCUT2D eigenvalue weighted by atomic mass is 35.5. The third kappa shape index (κ3) is 3.09. The van der Waals surface area contributed by atoms with Crippen molar-refractivity contribution in [3.05, 3.63) is 52.8 Å². The quantitative estimate of drug-likeness (QED) is 0.880. The van der Waals surface area contributed by atoms with E-state index < -0.39 is 10.8 Å². The zero-order valence-corrected chi connectivity index (χ0v) is 11.5. The highest BCUT2D eigenvalue weighted by molar-refractivity contribution is 7.84. The average molecular weight is 281 g/mol. The van der Waals surface area contributed by atoms with E-state index in [1.807, 2.05) is 13.0 Å². The van der Waals surface area contributed by atoms with Gasteiger partial charge in [-0.2, -0.15) is 0 Å². The van der Waals surface area contributed by atoms with Gasteiger partial charge in [0.1, 0.15) is 0 Å². The van der Waals surface area contributed by atoms with Crippen LogP contribution >= 0.6 is 11.6 Å². The summed E-state index contributed by atoms with van der Waals surface area (Å²) < 4.78 is 12.2. The van der Waals surface area contributed by atoms with Crippen molar-refractivity contribution in [1.29, 1.82) is 0 Å². The summed E-state index contributed by atoms with van der Waals surface area (Å²) in [6.07, 6.45) is 3.48. The standard InChI is InChI=1S/C13H13ClN2OS/c1-9-4-10(7-16-6-9)8-18(17)13-3-2-11(15)5-12(13)14/h2-7H,8,15H2,1H3. The lowest BCUT2D eigenvalue weighted by Crippen LogP contribution is -1.99. The Morgan fingerprint density at radius 1 is 1.33 bits per heavy atom. The van der Waals surface area contributed by atoms with Crippen LogP contribution in [0, 0.1) is 6.92 Å². The van der Waals surface area contributed by atoms with Gasteiger partial charge in [-0.05, 0) is 36.2 Å². The van der Waals surface area contributed by atoms with Crippen LogP contribution in [0.25, 0.3) is 0 Å². The van der Waals surface area contributed by atoms with E-state index in [1.165, 1.54) is 0 Å². The fourth-order valence-electron chi connectivity index (χ4n) is 1.63. The van der Waals surface area contributed by atoms with Gasteiger partial charge >= 0.3 is 0 Å². The Hall–Kier alpha value is -1.39. The molecule has 0 spiro atoms. The minimum Gasteiger partial charge on any atom is -0.399 e. The molecule has 94 valence electrons. The summed E-state index contributed by atoms with van der Waals surface area (Å²) in [6, 6.07) is 6.99. The van der Waals surface area contributed by atoms with E-state index in [0.717, 1.165) is 11.1 Å². The van der Waals surface area contributed by atoms with Gasteiger partial charge in [-0.25, -0.2) is 0 Å². The number of anilines is 1. The summed E-state index contributed by atoms with van der Waals surface area (Å²) in [5, 5.41) is 0.439. The molecule has 0 aliphatic heterocycles. The van der Waals surface area contributed by atoms with Crippen LogP contribution in [0.1, 0.15) is 11.1 Å². The molecule has 0 fully saturated rings. The van der Waals surface area contributed by atoms with Crippen LogP contribution in [-0.2, 0) is 16.6 Å². The number of hydrogen-bond donors (Lipinski definition) is 1. The molecule has 3 nitrogen and oxygen atoms in total. The second kappa shape index (κ2) is 5.50. The zero-order valence-electron chi connectivity index (χ0n) is 9.89. The Kier molecular flexibility index (Phi) is 3.99. The van der Waals surface area contributed by atoms with Crippen LogP contribution in [0.4, 0.5) is 5.69 Å². The fourth-order valence-corrected chi connectivity index (χ4v) is 3.19. The Bertz CT molecular complexity index is 601. The Labute approximate surface area is 113 Å². The summed E-state index contributed by atoms with van der Waals surface area (Å²) in [7, 11) is -1.19. The molecule has 0 amide bonds. The predicted octanol–water partition coefficient (Wildman–Crippen LogP) is 2.93. The lowest BCUT2D eigenvalue weighted by molar-refractivity contribution is 0.682. The molecule has 1 atom stereocenters. The molecule has 0 saturated carbocycles. The number of halogens is 1. The van der Waals surface area contributed by atoms with E-state index in [2.05, 4.69) is 4.98 Å². The zero-order chi connectivity index (χ0) is 13.1. The van der Waals surface area contributed by atoms with Crippen molar-refractivity contribution in [2.45, 2.75) is 17.6 Å². The first-order valence-electron chi connectivity index (χ1n) is 5.40. The minimum absolute atomic E-state index is 0.401. The first-order valence-corrected chi connectivity index (χ1v) is 7.10. The number of pyridine rings is 1. The number of rotatable bonds is 3. The van der Waals surface area contributed by atoms with Crippen molar-refractivity contribution in [1.82, 2.24) is 4.98 Å². The molecule has 2 aromatic rings. The summed E-state index contributed by atoms with van der Waals surface area (Å²) >= 11 is 6.03. The monoisotopic (exact) mass is 280 g/mol. The summed E-state index contributed by atoms with van der Waals surface area (Å²) in [5.41, 5.74) is 8.15. The summed E-state index contributed by atoms with van der Waals surface area (Å²) in [6.45, 7) is 1.95. The second-order valence-corrected chi connectivity index (χ2v) is 5.88. The van der Waals surface area contributed by atoms with Crippen molar-refractivity contribution in [3.63, 3.8) is 0 Å². The molecular weight excluding hydrogens is 268 g/mol. The van der Waals surface area contributed by atoms with Gasteiger partial charge < -0.3 is 5.73 Å². The van der Waals surface area contributed by atoms with Gasteiger partial charge in [0, 0.05) is 18.1 Å². The van der Waals surface area contributed by atoms with E-state index in [0.29, 0.717) is 21.4 Å². The molecule has 0 aliphatic carbocycles. The molecule has 2 rings (SSSR count). The molecule has 0 bridgehead atoms. The summed E-state index contributed by atoms with van der Waals surface area (Å²) in [5.74, 6) is 0.401. The SMILES string of the molecule is Cc1cncc(CS(=O)c2ccc(N)cc2Cl)c1. The smallest absolute Gasteiger partial charge is 0.0589 e. The van der Waals surface area contributed by atoms with Crippen molar-refractivity contribution < 1.29 is 4.21 Å². The van der Waals surface area contributed by atoms with Gasteiger partial charge in [0.05, 0.1) is 26.5 Å². The van der Waals surface area contributed by atoms with E-state index in [1.54, 1.807) is 30.6 Å².